The molecule has 0 saturated carbocycles. The molecule has 14 heavy (non-hydrogen) atoms. The first kappa shape index (κ1) is 11.1. The summed E-state index contributed by atoms with van der Waals surface area (Å²) in [5.74, 6) is 0. The van der Waals surface area contributed by atoms with E-state index >= 15 is 0 Å². The summed E-state index contributed by atoms with van der Waals surface area (Å²) in [6, 6.07) is 6.64. The van der Waals surface area contributed by atoms with Crippen molar-refractivity contribution >= 4 is 21.4 Å². The normalized spacial score (nSPS) is 13.6. The van der Waals surface area contributed by atoms with Gasteiger partial charge in [0.2, 0.25) is 15.1 Å². The molecule has 0 fully saturated rings. The van der Waals surface area contributed by atoms with Crippen LogP contribution in [0.1, 0.15) is 0 Å². The van der Waals surface area contributed by atoms with Gasteiger partial charge in [0.15, 0.2) is 0 Å². The van der Waals surface area contributed by atoms with Gasteiger partial charge in [0.25, 0.3) is 5.16 Å². The number of benzene rings is 1. The van der Waals surface area contributed by atoms with Gasteiger partial charge in [-0.3, -0.25) is 0 Å². The molecule has 0 saturated heterocycles. The van der Waals surface area contributed by atoms with Crippen LogP contribution >= 0.6 is 11.6 Å². The Kier molecular flexibility index (Phi) is 3.23. The first-order valence-corrected chi connectivity index (χ1v) is 5.33. The average Bonchev–Trinajstić information content (AvgIpc) is 2.18. The lowest BCUT2D eigenvalue weighted by Gasteiger charge is -1.99. The summed E-state index contributed by atoms with van der Waals surface area (Å²) in [6.45, 7) is 0. The van der Waals surface area contributed by atoms with E-state index in [0.717, 1.165) is 12.1 Å². The first-order valence-electron chi connectivity index (χ1n) is 3.47. The maximum absolute atomic E-state index is 12.8. The number of halogens is 3. The van der Waals surface area contributed by atoms with E-state index in [9.17, 15) is 17.2 Å². The molecule has 6 heteroatoms. The minimum absolute atomic E-state index is 0.340. The fourth-order valence-corrected chi connectivity index (χ4v) is 2.03. The van der Waals surface area contributed by atoms with Crippen LogP contribution in [0, 0.1) is 0 Å². The van der Waals surface area contributed by atoms with Crippen LogP contribution in [0.3, 0.4) is 0 Å². The summed E-state index contributed by atoms with van der Waals surface area (Å²) >= 11 is 4.62. The molecule has 76 valence electrons. The molecule has 2 nitrogen and oxygen atoms in total. The van der Waals surface area contributed by atoms with Crippen molar-refractivity contribution in [2.45, 2.75) is 4.90 Å². The second kappa shape index (κ2) is 4.06. The van der Waals surface area contributed by atoms with Gasteiger partial charge in [0.1, 0.15) is 0 Å². The van der Waals surface area contributed by atoms with E-state index < -0.39 is 20.3 Å². The van der Waals surface area contributed by atoms with Gasteiger partial charge in [-0.2, -0.15) is 8.78 Å². The zero-order chi connectivity index (χ0) is 10.8. The highest BCUT2D eigenvalue weighted by atomic mass is 35.5. The van der Waals surface area contributed by atoms with Crippen LogP contribution in [-0.4, -0.2) is 8.42 Å². The minimum atomic E-state index is -4.43. The first-order chi connectivity index (χ1) is 6.46. The summed E-state index contributed by atoms with van der Waals surface area (Å²) in [5, 5.41) is -3.83. The van der Waals surface area contributed by atoms with Crippen molar-refractivity contribution < 1.29 is 17.2 Å². The van der Waals surface area contributed by atoms with Crippen LogP contribution < -0.4 is 0 Å². The molecular weight excluding hydrogens is 234 g/mol. The van der Waals surface area contributed by atoms with Gasteiger partial charge in [0, 0.05) is 0 Å². The molecule has 0 atom stereocenters. The predicted molar refractivity (Wildman–Crippen MR) is 48.7 cm³/mol. The van der Waals surface area contributed by atoms with Gasteiger partial charge in [-0.15, -0.1) is 0 Å². The van der Waals surface area contributed by atoms with E-state index in [0.29, 0.717) is 0 Å². The van der Waals surface area contributed by atoms with Crippen molar-refractivity contribution in [3.63, 3.8) is 0 Å². The van der Waals surface area contributed by atoms with Crippen molar-refractivity contribution in [1.29, 1.82) is 0 Å². The number of hydrogen-bond acceptors (Lipinski definition) is 2. The van der Waals surface area contributed by atoms with Gasteiger partial charge < -0.3 is 0 Å². The average molecular weight is 239 g/mol. The molecule has 0 aromatic heterocycles. The molecule has 0 unspecified atom stereocenters. The van der Waals surface area contributed by atoms with Crippen molar-refractivity contribution in [2.75, 3.05) is 0 Å². The molecule has 0 amide bonds. The van der Waals surface area contributed by atoms with Crippen molar-refractivity contribution in [2.24, 2.45) is 0 Å². The van der Waals surface area contributed by atoms with Crippen LogP contribution in [0.5, 0.6) is 0 Å². The Bertz CT molecular complexity index is 449. The minimum Gasteiger partial charge on any atom is -0.216 e. The third-order valence-electron chi connectivity index (χ3n) is 1.44. The second-order valence-corrected chi connectivity index (χ2v) is 4.52. The highest BCUT2D eigenvalue weighted by Crippen LogP contribution is 2.25. The Morgan fingerprint density at radius 3 is 2.07 bits per heavy atom. The molecule has 0 heterocycles. The molecule has 1 aromatic carbocycles. The Morgan fingerprint density at radius 1 is 1.14 bits per heavy atom. The van der Waals surface area contributed by atoms with Gasteiger partial charge in [0.05, 0.1) is 4.90 Å². The van der Waals surface area contributed by atoms with Crippen LogP contribution in [0.2, 0.25) is 0 Å². The number of rotatable bonds is 2. The predicted octanol–water partition coefficient (Wildman–Crippen LogP) is 2.76. The fourth-order valence-electron chi connectivity index (χ4n) is 0.805. The van der Waals surface area contributed by atoms with E-state index in [1.807, 2.05) is 0 Å². The van der Waals surface area contributed by atoms with E-state index in [1.165, 1.54) is 12.1 Å². The zero-order valence-corrected chi connectivity index (χ0v) is 8.32. The van der Waals surface area contributed by atoms with Crippen molar-refractivity contribution in [1.82, 2.24) is 0 Å². The SMILES string of the molecule is O=S(=O)(/C(F)=C(\F)Cl)c1ccccc1. The third kappa shape index (κ3) is 2.10. The van der Waals surface area contributed by atoms with E-state index in [1.54, 1.807) is 6.07 Å². The van der Waals surface area contributed by atoms with E-state index in [-0.39, 0.29) is 4.90 Å². The summed E-state index contributed by atoms with van der Waals surface area (Å²) in [6.07, 6.45) is 0. The molecule has 0 N–H and O–H groups in total. The Balaban J connectivity index is 3.31. The van der Waals surface area contributed by atoms with Crippen molar-refractivity contribution in [3.05, 3.63) is 40.8 Å². The molecule has 0 aliphatic rings. The topological polar surface area (TPSA) is 34.1 Å². The Hall–Kier alpha value is -0.940. The van der Waals surface area contributed by atoms with Gasteiger partial charge >= 0.3 is 0 Å². The van der Waals surface area contributed by atoms with Crippen LogP contribution in [-0.2, 0) is 9.84 Å². The van der Waals surface area contributed by atoms with Crippen LogP contribution in [0.25, 0.3) is 0 Å². The Morgan fingerprint density at radius 2 is 1.64 bits per heavy atom. The van der Waals surface area contributed by atoms with E-state index in [2.05, 4.69) is 11.6 Å². The van der Waals surface area contributed by atoms with Crippen molar-refractivity contribution in [3.8, 4) is 0 Å². The third-order valence-corrected chi connectivity index (χ3v) is 3.26. The highest BCUT2D eigenvalue weighted by molar-refractivity contribution is 7.95. The summed E-state index contributed by atoms with van der Waals surface area (Å²) in [7, 11) is -4.43. The largest absolute Gasteiger partial charge is 0.266 e. The maximum atomic E-state index is 12.8. The molecule has 0 aliphatic heterocycles. The quantitative estimate of drug-likeness (QED) is 0.794. The summed E-state index contributed by atoms with van der Waals surface area (Å²) < 4.78 is 47.4. The van der Waals surface area contributed by atoms with E-state index in [4.69, 9.17) is 0 Å². The number of sulfone groups is 1. The lowest BCUT2D eigenvalue weighted by Crippen LogP contribution is -2.01. The van der Waals surface area contributed by atoms with Gasteiger partial charge in [-0.25, -0.2) is 8.42 Å². The molecule has 0 spiro atoms. The monoisotopic (exact) mass is 238 g/mol. The fraction of sp³-hybridized carbons (Fsp3) is 0. The highest BCUT2D eigenvalue weighted by Gasteiger charge is 2.24. The summed E-state index contributed by atoms with van der Waals surface area (Å²) in [5.41, 5.74) is 0. The van der Waals surface area contributed by atoms with Crippen LogP contribution in [0.4, 0.5) is 8.78 Å². The zero-order valence-electron chi connectivity index (χ0n) is 6.75. The molecule has 1 rings (SSSR count). The Labute approximate surface area is 84.7 Å². The lowest BCUT2D eigenvalue weighted by atomic mass is 10.4. The van der Waals surface area contributed by atoms with Crippen LogP contribution in [0.15, 0.2) is 45.7 Å². The summed E-state index contributed by atoms with van der Waals surface area (Å²) in [4.78, 5) is -0.340. The van der Waals surface area contributed by atoms with Gasteiger partial charge in [-0.05, 0) is 23.7 Å². The molecule has 0 aliphatic carbocycles. The molecular formula is C8H5ClF2O2S. The standard InChI is InChI=1S/C8H5ClF2O2S/c9-7(10)8(11)14(12,13)6-4-2-1-3-5-6/h1-5H/b8-7-. The molecule has 1 aromatic rings. The second-order valence-electron chi connectivity index (χ2n) is 2.35. The van der Waals surface area contributed by atoms with Gasteiger partial charge in [-0.1, -0.05) is 18.2 Å². The maximum Gasteiger partial charge on any atom is 0.266 e. The lowest BCUT2D eigenvalue weighted by molar-refractivity contribution is 0.558. The smallest absolute Gasteiger partial charge is 0.216 e. The number of hydrogen-bond donors (Lipinski definition) is 0. The molecule has 0 radical (unpaired) electrons. The molecule has 0 bridgehead atoms.